The fourth-order valence-corrected chi connectivity index (χ4v) is 5.06. The molecule has 0 aliphatic heterocycles. The van der Waals surface area contributed by atoms with Gasteiger partial charge in [-0.2, -0.15) is 5.10 Å². The number of benzene rings is 2. The molecule has 1 aliphatic rings. The maximum Gasteiger partial charge on any atom is 0.329 e. The van der Waals surface area contributed by atoms with Gasteiger partial charge in [-0.05, 0) is 61.6 Å². The van der Waals surface area contributed by atoms with Crippen molar-refractivity contribution < 1.29 is 14.6 Å². The number of carboxylic acid groups (broad SMARTS) is 1. The first-order chi connectivity index (χ1) is 16.0. The molecule has 6 heteroatoms. The molecule has 0 bridgehead atoms. The molecular weight excluding hydrogens is 436 g/mol. The number of carboxylic acids is 1. The Morgan fingerprint density at radius 2 is 1.76 bits per heavy atom. The van der Waals surface area contributed by atoms with Crippen LogP contribution in [0.25, 0.3) is 22.4 Å². The summed E-state index contributed by atoms with van der Waals surface area (Å²) in [4.78, 5) is 10.7. The van der Waals surface area contributed by atoms with Crippen molar-refractivity contribution in [3.63, 3.8) is 0 Å². The lowest BCUT2D eigenvalue weighted by Crippen LogP contribution is -2.23. The Morgan fingerprint density at radius 3 is 2.42 bits per heavy atom. The molecule has 0 unspecified atom stereocenters. The highest BCUT2D eigenvalue weighted by molar-refractivity contribution is 6.30. The van der Waals surface area contributed by atoms with Crippen molar-refractivity contribution in [3.05, 3.63) is 65.3 Å². The predicted molar refractivity (Wildman–Crippen MR) is 131 cm³/mol. The van der Waals surface area contributed by atoms with E-state index >= 15 is 0 Å². The summed E-state index contributed by atoms with van der Waals surface area (Å²) in [5, 5.41) is 14.6. The third kappa shape index (κ3) is 5.84. The zero-order valence-corrected chi connectivity index (χ0v) is 19.8. The van der Waals surface area contributed by atoms with Gasteiger partial charge in [0.15, 0.2) is 0 Å². The minimum Gasteiger partial charge on any atom is -0.480 e. The summed E-state index contributed by atoms with van der Waals surface area (Å²) in [6.45, 7) is 3.35. The van der Waals surface area contributed by atoms with E-state index in [1.807, 2.05) is 24.3 Å². The predicted octanol–water partition coefficient (Wildman–Crippen LogP) is 6.34. The van der Waals surface area contributed by atoms with Crippen LogP contribution < -0.4 is 0 Å². The number of hydrogen-bond donors (Lipinski definition) is 1. The van der Waals surface area contributed by atoms with E-state index < -0.39 is 5.97 Å². The molecule has 1 heterocycles. The molecule has 4 rings (SSSR count). The Morgan fingerprint density at radius 1 is 1.06 bits per heavy atom. The molecule has 5 nitrogen and oxygen atoms in total. The number of aromatic nitrogens is 2. The highest BCUT2D eigenvalue weighted by Gasteiger charge is 2.25. The van der Waals surface area contributed by atoms with Gasteiger partial charge in [-0.15, -0.1) is 0 Å². The van der Waals surface area contributed by atoms with E-state index in [2.05, 4.69) is 41.9 Å². The summed E-state index contributed by atoms with van der Waals surface area (Å²) < 4.78 is 7.53. The Labute approximate surface area is 200 Å². The third-order valence-electron chi connectivity index (χ3n) is 6.50. The summed E-state index contributed by atoms with van der Waals surface area (Å²) >= 11 is 6.35. The first-order valence-corrected chi connectivity index (χ1v) is 12.1. The number of halogens is 1. The van der Waals surface area contributed by atoms with Crippen molar-refractivity contribution in [1.29, 1.82) is 0 Å². The van der Waals surface area contributed by atoms with Crippen LogP contribution in [0.15, 0.2) is 54.6 Å². The number of hydrogen-bond acceptors (Lipinski definition) is 3. The Bertz CT molecular complexity index is 1070. The van der Waals surface area contributed by atoms with E-state index in [-0.39, 0.29) is 6.61 Å². The van der Waals surface area contributed by atoms with Crippen LogP contribution >= 0.6 is 11.6 Å². The Hall–Kier alpha value is -2.63. The molecule has 0 radical (unpaired) electrons. The third-order valence-corrected chi connectivity index (χ3v) is 6.73. The lowest BCUT2D eigenvalue weighted by atomic mass is 9.82. The van der Waals surface area contributed by atoms with E-state index in [4.69, 9.17) is 26.5 Å². The maximum atomic E-state index is 10.7. The van der Waals surface area contributed by atoms with Gasteiger partial charge in [0.1, 0.15) is 6.61 Å². The number of aryl methyl sites for hydroxylation is 1. The molecule has 0 spiro atoms. The second-order valence-electron chi connectivity index (χ2n) is 8.88. The standard InChI is InChI=1S/C27H31ClN2O3/c1-2-24-26(22-9-6-10-23(28)15-22)27(21-7-4-3-5-8-21)30(29-24)16-19-11-13-20(14-12-19)17-33-18-25(31)32/h3-10,15,19-20H,2,11-14,16-18H2,1H3,(H,31,32)/t19-,20+. The molecule has 1 N–H and O–H groups in total. The van der Waals surface area contributed by atoms with Crippen LogP contribution in [0.2, 0.25) is 5.02 Å². The molecule has 3 aromatic rings. The molecule has 2 aromatic carbocycles. The van der Waals surface area contributed by atoms with E-state index in [1.54, 1.807) is 0 Å². The first-order valence-electron chi connectivity index (χ1n) is 11.8. The van der Waals surface area contributed by atoms with Crippen LogP contribution in [0.5, 0.6) is 0 Å². The van der Waals surface area contributed by atoms with Crippen molar-refractivity contribution in [1.82, 2.24) is 9.78 Å². The summed E-state index contributed by atoms with van der Waals surface area (Å²) in [7, 11) is 0. The summed E-state index contributed by atoms with van der Waals surface area (Å²) in [5.41, 5.74) is 5.68. The van der Waals surface area contributed by atoms with E-state index in [9.17, 15) is 4.79 Å². The van der Waals surface area contributed by atoms with Gasteiger partial charge < -0.3 is 9.84 Å². The summed E-state index contributed by atoms with van der Waals surface area (Å²) in [6.07, 6.45) is 5.18. The van der Waals surface area contributed by atoms with Crippen LogP contribution in [-0.4, -0.2) is 34.1 Å². The first kappa shape index (κ1) is 23.5. The van der Waals surface area contributed by atoms with Gasteiger partial charge in [0.25, 0.3) is 0 Å². The number of nitrogens with zero attached hydrogens (tertiary/aromatic N) is 2. The van der Waals surface area contributed by atoms with Crippen molar-refractivity contribution in [2.75, 3.05) is 13.2 Å². The van der Waals surface area contributed by atoms with Crippen LogP contribution in [0.3, 0.4) is 0 Å². The van der Waals surface area contributed by atoms with Crippen LogP contribution in [0.1, 0.15) is 38.3 Å². The highest BCUT2D eigenvalue weighted by Crippen LogP contribution is 2.38. The summed E-state index contributed by atoms with van der Waals surface area (Å²) in [6, 6.07) is 18.5. The van der Waals surface area contributed by atoms with E-state index in [0.717, 1.165) is 66.2 Å². The van der Waals surface area contributed by atoms with Crippen molar-refractivity contribution in [3.8, 4) is 22.4 Å². The average molecular weight is 467 g/mol. The number of ether oxygens (including phenoxy) is 1. The van der Waals surface area contributed by atoms with Gasteiger partial charge in [-0.25, -0.2) is 4.79 Å². The number of aliphatic carboxylic acids is 1. The molecule has 174 valence electrons. The molecule has 0 saturated heterocycles. The van der Waals surface area contributed by atoms with Crippen LogP contribution in [-0.2, 0) is 22.5 Å². The maximum absolute atomic E-state index is 10.7. The van der Waals surface area contributed by atoms with Crippen LogP contribution in [0.4, 0.5) is 0 Å². The highest BCUT2D eigenvalue weighted by atomic mass is 35.5. The van der Waals surface area contributed by atoms with Gasteiger partial charge in [0, 0.05) is 22.7 Å². The lowest BCUT2D eigenvalue weighted by molar-refractivity contribution is -0.142. The lowest BCUT2D eigenvalue weighted by Gasteiger charge is -2.28. The Balaban J connectivity index is 1.58. The number of carbonyl (C=O) groups is 1. The van der Waals surface area contributed by atoms with Gasteiger partial charge in [-0.3, -0.25) is 4.68 Å². The fourth-order valence-electron chi connectivity index (χ4n) is 4.87. The van der Waals surface area contributed by atoms with Gasteiger partial charge in [0.2, 0.25) is 0 Å². The molecule has 33 heavy (non-hydrogen) atoms. The van der Waals surface area contributed by atoms with E-state index in [0.29, 0.717) is 18.4 Å². The molecule has 1 saturated carbocycles. The smallest absolute Gasteiger partial charge is 0.329 e. The molecule has 1 fully saturated rings. The minimum atomic E-state index is -0.905. The van der Waals surface area contributed by atoms with E-state index in [1.165, 1.54) is 5.56 Å². The topological polar surface area (TPSA) is 64.4 Å². The Kier molecular flexibility index (Phi) is 7.84. The number of rotatable bonds is 9. The van der Waals surface area contributed by atoms with Crippen molar-refractivity contribution in [2.45, 2.75) is 45.6 Å². The zero-order valence-electron chi connectivity index (χ0n) is 19.0. The van der Waals surface area contributed by atoms with Gasteiger partial charge in [0.05, 0.1) is 18.0 Å². The normalized spacial score (nSPS) is 18.4. The molecule has 0 atom stereocenters. The second-order valence-corrected chi connectivity index (χ2v) is 9.31. The average Bonchev–Trinajstić information content (AvgIpc) is 3.19. The largest absolute Gasteiger partial charge is 0.480 e. The zero-order chi connectivity index (χ0) is 23.2. The molecule has 1 aliphatic carbocycles. The monoisotopic (exact) mass is 466 g/mol. The SMILES string of the molecule is CCc1nn(C[C@H]2CC[C@@H](COCC(=O)O)CC2)c(-c2ccccc2)c1-c1cccc(Cl)c1. The fraction of sp³-hybridized carbons (Fsp3) is 0.407. The van der Waals surface area contributed by atoms with Crippen molar-refractivity contribution in [2.24, 2.45) is 11.8 Å². The molecule has 0 amide bonds. The minimum absolute atomic E-state index is 0.209. The van der Waals surface area contributed by atoms with Gasteiger partial charge in [-0.1, -0.05) is 61.0 Å². The molecular formula is C27H31ClN2O3. The summed E-state index contributed by atoms with van der Waals surface area (Å²) in [5.74, 6) is 0.0816. The van der Waals surface area contributed by atoms with Gasteiger partial charge >= 0.3 is 5.97 Å². The van der Waals surface area contributed by atoms with Crippen molar-refractivity contribution >= 4 is 17.6 Å². The van der Waals surface area contributed by atoms with Crippen LogP contribution in [0, 0.1) is 11.8 Å². The second kappa shape index (κ2) is 11.0. The molecule has 1 aromatic heterocycles. The quantitative estimate of drug-likeness (QED) is 0.399.